The number of benzene rings is 2. The van der Waals surface area contributed by atoms with Gasteiger partial charge in [-0.15, -0.1) is 0 Å². The third-order valence-corrected chi connectivity index (χ3v) is 5.37. The van der Waals surface area contributed by atoms with Crippen LogP contribution in [0.3, 0.4) is 0 Å². The molecule has 1 heterocycles. The van der Waals surface area contributed by atoms with E-state index in [9.17, 15) is 9.59 Å². The number of aryl methyl sites for hydroxylation is 2. The fraction of sp³-hybridized carbons (Fsp3) is 0.333. The van der Waals surface area contributed by atoms with Gasteiger partial charge in [-0.2, -0.15) is 0 Å². The predicted octanol–water partition coefficient (Wildman–Crippen LogP) is 4.35. The number of carbonyl (C=O) groups is 2. The molecule has 1 unspecified atom stereocenters. The van der Waals surface area contributed by atoms with E-state index in [2.05, 4.69) is 5.32 Å². The molecule has 6 nitrogen and oxygen atoms in total. The van der Waals surface area contributed by atoms with Gasteiger partial charge in [-0.3, -0.25) is 9.59 Å². The first-order chi connectivity index (χ1) is 14.8. The van der Waals surface area contributed by atoms with Crippen molar-refractivity contribution in [3.05, 3.63) is 69.9 Å². The average molecular weight is 445 g/mol. The number of carbonyl (C=O) groups excluding carboxylic acids is 2. The molecule has 1 aromatic heterocycles. The summed E-state index contributed by atoms with van der Waals surface area (Å²) in [5.74, 6) is -0.720. The molecule has 7 heteroatoms. The Bertz CT molecular complexity index is 1060. The first-order valence-electron chi connectivity index (χ1n) is 10.1. The molecule has 166 valence electrons. The maximum absolute atomic E-state index is 12.7. The van der Waals surface area contributed by atoms with Crippen LogP contribution in [-0.2, 0) is 23.1 Å². The zero-order chi connectivity index (χ0) is 23.1. The Morgan fingerprint density at radius 2 is 1.81 bits per heavy atom. The highest BCUT2D eigenvalue weighted by Gasteiger charge is 2.17. The van der Waals surface area contributed by atoms with Crippen molar-refractivity contribution in [2.45, 2.75) is 33.2 Å². The fourth-order valence-corrected chi connectivity index (χ4v) is 3.66. The van der Waals surface area contributed by atoms with E-state index in [0.717, 1.165) is 34.7 Å². The van der Waals surface area contributed by atoms with Crippen LogP contribution in [-0.4, -0.2) is 35.3 Å². The van der Waals surface area contributed by atoms with Crippen molar-refractivity contribution in [2.75, 3.05) is 13.7 Å². The number of aliphatic hydroxyl groups excluding tert-OH is 1. The van der Waals surface area contributed by atoms with Gasteiger partial charge in [0, 0.05) is 26.1 Å². The summed E-state index contributed by atoms with van der Waals surface area (Å²) < 4.78 is 6.92. The molecule has 2 N–H and O–H groups in total. The van der Waals surface area contributed by atoms with Gasteiger partial charge in [0.1, 0.15) is 5.69 Å². The van der Waals surface area contributed by atoms with Crippen molar-refractivity contribution in [3.63, 3.8) is 0 Å². The third kappa shape index (κ3) is 5.66. The van der Waals surface area contributed by atoms with Crippen LogP contribution in [0.15, 0.2) is 42.5 Å². The Balaban J connectivity index is 0.00000166. The SMILES string of the molecule is CCOC(=O)C(C)c1ccc(CNC(=O)c2cc3c(Cl)cc(C)cc3n2C)cc1.CO. The average Bonchev–Trinajstić information content (AvgIpc) is 3.10. The maximum atomic E-state index is 12.7. The van der Waals surface area contributed by atoms with Crippen molar-refractivity contribution >= 4 is 34.4 Å². The number of rotatable bonds is 6. The number of hydrogen-bond acceptors (Lipinski definition) is 4. The number of fused-ring (bicyclic) bond motifs is 1. The van der Waals surface area contributed by atoms with Crippen molar-refractivity contribution in [1.82, 2.24) is 9.88 Å². The molecule has 0 radical (unpaired) electrons. The number of ether oxygens (including phenoxy) is 1. The number of amides is 1. The molecule has 0 aliphatic heterocycles. The highest BCUT2D eigenvalue weighted by Crippen LogP contribution is 2.28. The third-order valence-electron chi connectivity index (χ3n) is 5.06. The maximum Gasteiger partial charge on any atom is 0.313 e. The quantitative estimate of drug-likeness (QED) is 0.554. The number of hydrogen-bond donors (Lipinski definition) is 2. The fourth-order valence-electron chi connectivity index (χ4n) is 3.34. The lowest BCUT2D eigenvalue weighted by molar-refractivity contribution is -0.144. The molecule has 2 aromatic carbocycles. The van der Waals surface area contributed by atoms with E-state index in [4.69, 9.17) is 21.4 Å². The standard InChI is InChI=1S/C23H25ClN2O3.CH4O/c1-5-29-23(28)15(3)17-8-6-16(7-9-17)13-25-22(27)21-12-18-19(24)10-14(2)11-20(18)26(21)4;1-2/h6-12,15H,5,13H2,1-4H3,(H,25,27);2H,1H3. The summed E-state index contributed by atoms with van der Waals surface area (Å²) in [6.07, 6.45) is 0. The van der Waals surface area contributed by atoms with Crippen LogP contribution < -0.4 is 5.32 Å². The summed E-state index contributed by atoms with van der Waals surface area (Å²) in [5.41, 5.74) is 4.37. The van der Waals surface area contributed by atoms with Crippen molar-refractivity contribution in [1.29, 1.82) is 0 Å². The molecule has 0 spiro atoms. The van der Waals surface area contributed by atoms with Gasteiger partial charge in [-0.25, -0.2) is 0 Å². The van der Waals surface area contributed by atoms with Gasteiger partial charge in [0.2, 0.25) is 0 Å². The molecule has 0 bridgehead atoms. The Morgan fingerprint density at radius 3 is 2.42 bits per heavy atom. The molecular formula is C24H29ClN2O4. The number of halogens is 1. The van der Waals surface area contributed by atoms with E-state index in [-0.39, 0.29) is 17.8 Å². The summed E-state index contributed by atoms with van der Waals surface area (Å²) in [6.45, 7) is 6.35. The summed E-state index contributed by atoms with van der Waals surface area (Å²) >= 11 is 6.33. The van der Waals surface area contributed by atoms with E-state index in [1.807, 2.05) is 67.9 Å². The molecule has 3 rings (SSSR count). The Labute approximate surface area is 187 Å². The molecule has 0 saturated carbocycles. The van der Waals surface area contributed by atoms with Gasteiger partial charge in [0.25, 0.3) is 5.91 Å². The van der Waals surface area contributed by atoms with E-state index < -0.39 is 0 Å². The van der Waals surface area contributed by atoms with Gasteiger partial charge in [-0.1, -0.05) is 35.9 Å². The second-order valence-electron chi connectivity index (χ2n) is 7.17. The van der Waals surface area contributed by atoms with Gasteiger partial charge >= 0.3 is 5.97 Å². The van der Waals surface area contributed by atoms with Gasteiger partial charge in [-0.05, 0) is 55.7 Å². The minimum Gasteiger partial charge on any atom is -0.466 e. The predicted molar refractivity (Wildman–Crippen MR) is 123 cm³/mol. The van der Waals surface area contributed by atoms with E-state index >= 15 is 0 Å². The zero-order valence-corrected chi connectivity index (χ0v) is 19.3. The van der Waals surface area contributed by atoms with Crippen molar-refractivity contribution < 1.29 is 19.4 Å². The Kier molecular flexibility index (Phi) is 8.65. The highest BCUT2D eigenvalue weighted by atomic mass is 35.5. The van der Waals surface area contributed by atoms with Crippen LogP contribution in [0.2, 0.25) is 5.02 Å². The molecule has 0 fully saturated rings. The number of nitrogens with one attached hydrogen (secondary N) is 1. The number of aromatic nitrogens is 1. The molecule has 1 amide bonds. The van der Waals surface area contributed by atoms with E-state index in [0.29, 0.717) is 23.9 Å². The van der Waals surface area contributed by atoms with Gasteiger partial charge < -0.3 is 19.7 Å². The number of nitrogens with zero attached hydrogens (tertiary/aromatic N) is 1. The Hall–Kier alpha value is -2.83. The first kappa shape index (κ1) is 24.4. The largest absolute Gasteiger partial charge is 0.466 e. The Morgan fingerprint density at radius 1 is 1.16 bits per heavy atom. The van der Waals surface area contributed by atoms with Gasteiger partial charge in [0.15, 0.2) is 0 Å². The van der Waals surface area contributed by atoms with E-state index in [1.54, 1.807) is 6.92 Å². The monoisotopic (exact) mass is 444 g/mol. The normalized spacial score (nSPS) is 11.5. The summed E-state index contributed by atoms with van der Waals surface area (Å²) in [5, 5.41) is 11.5. The molecule has 0 aliphatic carbocycles. The topological polar surface area (TPSA) is 80.6 Å². The molecule has 31 heavy (non-hydrogen) atoms. The smallest absolute Gasteiger partial charge is 0.313 e. The first-order valence-corrected chi connectivity index (χ1v) is 10.4. The van der Waals surface area contributed by atoms with Crippen molar-refractivity contribution in [2.24, 2.45) is 7.05 Å². The molecular weight excluding hydrogens is 416 g/mol. The van der Waals surface area contributed by atoms with Crippen LogP contribution in [0.5, 0.6) is 0 Å². The minimum atomic E-state index is -0.317. The van der Waals surface area contributed by atoms with Crippen LogP contribution in [0.25, 0.3) is 10.9 Å². The lowest BCUT2D eigenvalue weighted by Gasteiger charge is -2.12. The van der Waals surface area contributed by atoms with Gasteiger partial charge in [0.05, 0.1) is 23.1 Å². The number of aliphatic hydroxyl groups is 1. The van der Waals surface area contributed by atoms with Crippen LogP contribution in [0.4, 0.5) is 0 Å². The lowest BCUT2D eigenvalue weighted by atomic mass is 10.00. The highest BCUT2D eigenvalue weighted by molar-refractivity contribution is 6.35. The summed E-state index contributed by atoms with van der Waals surface area (Å²) in [7, 11) is 2.86. The molecule has 0 saturated heterocycles. The molecule has 1 atom stereocenters. The van der Waals surface area contributed by atoms with E-state index in [1.165, 1.54) is 0 Å². The zero-order valence-electron chi connectivity index (χ0n) is 18.5. The minimum absolute atomic E-state index is 0.165. The summed E-state index contributed by atoms with van der Waals surface area (Å²) in [4.78, 5) is 24.6. The van der Waals surface area contributed by atoms with Crippen LogP contribution >= 0.6 is 11.6 Å². The second kappa shape index (κ2) is 11.0. The molecule has 0 aliphatic rings. The summed E-state index contributed by atoms with van der Waals surface area (Å²) in [6, 6.07) is 13.3. The van der Waals surface area contributed by atoms with Crippen LogP contribution in [0.1, 0.15) is 46.9 Å². The van der Waals surface area contributed by atoms with Crippen molar-refractivity contribution in [3.8, 4) is 0 Å². The second-order valence-corrected chi connectivity index (χ2v) is 7.57. The lowest BCUT2D eigenvalue weighted by Crippen LogP contribution is -2.24. The molecule has 3 aromatic rings. The van der Waals surface area contributed by atoms with Crippen LogP contribution in [0, 0.1) is 6.92 Å². The number of esters is 1.